The van der Waals surface area contributed by atoms with E-state index in [1.54, 1.807) is 7.11 Å². The molecule has 0 bridgehead atoms. The smallest absolute Gasteiger partial charge is 0.0582 e. The van der Waals surface area contributed by atoms with Crippen LogP contribution < -0.4 is 11.2 Å². The fourth-order valence-electron chi connectivity index (χ4n) is 0.797. The molecule has 0 radical (unpaired) electrons. The number of rotatable bonds is 7. The van der Waals surface area contributed by atoms with Crippen molar-refractivity contribution in [3.8, 4) is 0 Å². The third kappa shape index (κ3) is 7.74. The zero-order valence-electron chi connectivity index (χ0n) is 7.05. The highest BCUT2D eigenvalue weighted by Crippen LogP contribution is 1.96. The number of hydrogen-bond donors (Lipinski definition) is 3. The van der Waals surface area contributed by atoms with Crippen LogP contribution >= 0.6 is 0 Å². The van der Waals surface area contributed by atoms with Crippen molar-refractivity contribution in [2.75, 3.05) is 20.3 Å². The highest BCUT2D eigenvalue weighted by Gasteiger charge is 1.98. The number of aliphatic hydroxyl groups is 1. The van der Waals surface area contributed by atoms with Crippen LogP contribution in [0, 0.1) is 0 Å². The van der Waals surface area contributed by atoms with Crippen LogP contribution in [0.1, 0.15) is 19.3 Å². The molecule has 0 aromatic heterocycles. The zero-order valence-corrected chi connectivity index (χ0v) is 7.05. The van der Waals surface area contributed by atoms with Crippen LogP contribution in [0.15, 0.2) is 0 Å². The molecule has 0 aliphatic heterocycles. The third-order valence-electron chi connectivity index (χ3n) is 1.48. The van der Waals surface area contributed by atoms with Crippen molar-refractivity contribution in [3.63, 3.8) is 0 Å². The van der Waals surface area contributed by atoms with Crippen LogP contribution in [0.25, 0.3) is 0 Å². The highest BCUT2D eigenvalue weighted by molar-refractivity contribution is 4.58. The summed E-state index contributed by atoms with van der Waals surface area (Å²) in [6.45, 7) is 0.923. The molecule has 0 amide bonds. The van der Waals surface area contributed by atoms with E-state index in [4.69, 9.17) is 10.8 Å². The molecule has 0 rings (SSSR count). The average Bonchev–Trinajstić information content (AvgIpc) is 2.04. The van der Waals surface area contributed by atoms with Gasteiger partial charge in [0.1, 0.15) is 0 Å². The van der Waals surface area contributed by atoms with Gasteiger partial charge in [0.05, 0.1) is 13.7 Å². The van der Waals surface area contributed by atoms with Gasteiger partial charge in [-0.25, -0.2) is 5.48 Å². The van der Waals surface area contributed by atoms with Gasteiger partial charge >= 0.3 is 0 Å². The molecule has 0 aromatic carbocycles. The summed E-state index contributed by atoms with van der Waals surface area (Å²) in [5, 5.41) is 8.57. The maximum atomic E-state index is 8.57. The van der Waals surface area contributed by atoms with Crippen molar-refractivity contribution in [2.45, 2.75) is 25.3 Å². The van der Waals surface area contributed by atoms with Gasteiger partial charge < -0.3 is 15.7 Å². The van der Waals surface area contributed by atoms with Gasteiger partial charge in [0.2, 0.25) is 0 Å². The van der Waals surface area contributed by atoms with Crippen LogP contribution in [0.5, 0.6) is 0 Å². The molecule has 1 unspecified atom stereocenters. The first-order chi connectivity index (χ1) is 5.31. The van der Waals surface area contributed by atoms with E-state index in [1.165, 1.54) is 0 Å². The Labute approximate surface area is 67.7 Å². The van der Waals surface area contributed by atoms with Crippen molar-refractivity contribution in [1.29, 1.82) is 0 Å². The fraction of sp³-hybridized carbons (Fsp3) is 1.00. The van der Waals surface area contributed by atoms with Gasteiger partial charge in [-0.15, -0.1) is 0 Å². The Morgan fingerprint density at radius 2 is 2.27 bits per heavy atom. The Hall–Kier alpha value is -0.160. The number of aliphatic hydroxyl groups excluding tert-OH is 1. The minimum absolute atomic E-state index is 0.0578. The van der Waals surface area contributed by atoms with Crippen LogP contribution in [-0.2, 0) is 4.84 Å². The molecule has 68 valence electrons. The lowest BCUT2D eigenvalue weighted by Gasteiger charge is -2.06. The van der Waals surface area contributed by atoms with Gasteiger partial charge in [-0.05, 0) is 12.8 Å². The van der Waals surface area contributed by atoms with E-state index in [9.17, 15) is 0 Å². The van der Waals surface area contributed by atoms with Crippen LogP contribution in [-0.4, -0.2) is 31.4 Å². The Morgan fingerprint density at radius 1 is 1.55 bits per heavy atom. The molecule has 0 aliphatic rings. The first kappa shape index (κ1) is 10.8. The second-order valence-electron chi connectivity index (χ2n) is 2.54. The lowest BCUT2D eigenvalue weighted by molar-refractivity contribution is 0.0902. The molecular formula is C7H18N2O2. The van der Waals surface area contributed by atoms with Crippen LogP contribution in [0.4, 0.5) is 0 Å². The Bertz CT molecular complexity index is 80.8. The molecule has 4 nitrogen and oxygen atoms in total. The Kier molecular flexibility index (Phi) is 7.83. The number of hydroxylamine groups is 1. The molecule has 0 aliphatic carbocycles. The van der Waals surface area contributed by atoms with Crippen LogP contribution in [0.2, 0.25) is 0 Å². The van der Waals surface area contributed by atoms with E-state index in [2.05, 4.69) is 10.3 Å². The molecule has 0 saturated carbocycles. The Morgan fingerprint density at radius 3 is 2.82 bits per heavy atom. The normalized spacial score (nSPS) is 13.4. The SMILES string of the molecule is CONCCCCC(N)CO. The first-order valence-electron chi connectivity index (χ1n) is 3.93. The van der Waals surface area contributed by atoms with Crippen molar-refractivity contribution in [1.82, 2.24) is 5.48 Å². The van der Waals surface area contributed by atoms with Crippen molar-refractivity contribution >= 4 is 0 Å². The summed E-state index contributed by atoms with van der Waals surface area (Å²) in [6, 6.07) is -0.0578. The maximum Gasteiger partial charge on any atom is 0.0582 e. The van der Waals surface area contributed by atoms with Crippen molar-refractivity contribution in [3.05, 3.63) is 0 Å². The van der Waals surface area contributed by atoms with E-state index in [-0.39, 0.29) is 12.6 Å². The molecule has 4 heteroatoms. The zero-order chi connectivity index (χ0) is 8.53. The summed E-state index contributed by atoms with van der Waals surface area (Å²) in [6.07, 6.45) is 2.93. The van der Waals surface area contributed by atoms with Gasteiger partial charge in [0.25, 0.3) is 0 Å². The van der Waals surface area contributed by atoms with Crippen LogP contribution in [0.3, 0.4) is 0 Å². The average molecular weight is 162 g/mol. The van der Waals surface area contributed by atoms with E-state index in [1.807, 2.05) is 0 Å². The molecule has 0 saturated heterocycles. The lowest BCUT2D eigenvalue weighted by atomic mass is 10.1. The standard InChI is InChI=1S/C7H18N2O2/c1-11-9-5-3-2-4-7(8)6-10/h7,9-10H,2-6,8H2,1H3. The summed E-state index contributed by atoms with van der Waals surface area (Å²) in [5.74, 6) is 0. The number of nitrogens with one attached hydrogen (secondary N) is 1. The molecule has 4 N–H and O–H groups in total. The fourth-order valence-corrected chi connectivity index (χ4v) is 0.797. The van der Waals surface area contributed by atoms with Crippen molar-refractivity contribution in [2.24, 2.45) is 5.73 Å². The predicted octanol–water partition coefficient (Wildman–Crippen LogP) is -0.373. The first-order valence-corrected chi connectivity index (χ1v) is 3.93. The minimum atomic E-state index is -0.0578. The molecule has 0 aromatic rings. The highest BCUT2D eigenvalue weighted by atomic mass is 16.6. The van der Waals surface area contributed by atoms with Gasteiger partial charge in [0.15, 0.2) is 0 Å². The van der Waals surface area contributed by atoms with E-state index in [0.29, 0.717) is 0 Å². The Balaban J connectivity index is 2.89. The molecule has 0 spiro atoms. The monoisotopic (exact) mass is 162 g/mol. The van der Waals surface area contributed by atoms with Gasteiger partial charge in [-0.2, -0.15) is 0 Å². The number of unbranched alkanes of at least 4 members (excludes halogenated alkanes) is 1. The van der Waals surface area contributed by atoms with Gasteiger partial charge in [0, 0.05) is 12.6 Å². The molecular weight excluding hydrogens is 144 g/mol. The van der Waals surface area contributed by atoms with E-state index < -0.39 is 0 Å². The second kappa shape index (κ2) is 7.94. The summed E-state index contributed by atoms with van der Waals surface area (Å²) in [7, 11) is 1.60. The molecule has 0 fully saturated rings. The van der Waals surface area contributed by atoms with Gasteiger partial charge in [-0.3, -0.25) is 0 Å². The minimum Gasteiger partial charge on any atom is -0.395 e. The summed E-state index contributed by atoms with van der Waals surface area (Å²) < 4.78 is 0. The summed E-state index contributed by atoms with van der Waals surface area (Å²) in [4.78, 5) is 4.64. The maximum absolute atomic E-state index is 8.57. The topological polar surface area (TPSA) is 67.5 Å². The lowest BCUT2D eigenvalue weighted by Crippen LogP contribution is -2.24. The molecule has 11 heavy (non-hydrogen) atoms. The van der Waals surface area contributed by atoms with Gasteiger partial charge in [-0.1, -0.05) is 6.42 Å². The van der Waals surface area contributed by atoms with E-state index in [0.717, 1.165) is 25.8 Å². The van der Waals surface area contributed by atoms with E-state index >= 15 is 0 Å². The second-order valence-corrected chi connectivity index (χ2v) is 2.54. The predicted molar refractivity (Wildman–Crippen MR) is 43.9 cm³/mol. The molecule has 1 atom stereocenters. The number of nitrogens with two attached hydrogens (primary N) is 1. The molecule has 0 heterocycles. The quantitative estimate of drug-likeness (QED) is 0.353. The largest absolute Gasteiger partial charge is 0.395 e. The van der Waals surface area contributed by atoms with Crippen molar-refractivity contribution < 1.29 is 9.94 Å². The third-order valence-corrected chi connectivity index (χ3v) is 1.48. The summed E-state index contributed by atoms with van der Waals surface area (Å²) >= 11 is 0. The number of hydrogen-bond acceptors (Lipinski definition) is 4. The summed E-state index contributed by atoms with van der Waals surface area (Å²) in [5.41, 5.74) is 8.22.